The fourth-order valence-electron chi connectivity index (χ4n) is 3.76. The van der Waals surface area contributed by atoms with Gasteiger partial charge in [0.1, 0.15) is 5.69 Å². The Morgan fingerprint density at radius 1 is 1.09 bits per heavy atom. The zero-order valence-electron chi connectivity index (χ0n) is 18.7. The van der Waals surface area contributed by atoms with Gasteiger partial charge < -0.3 is 26.1 Å². The Balaban J connectivity index is 1.33. The number of aromatic nitrogens is 1. The lowest BCUT2D eigenvalue weighted by molar-refractivity contribution is -0.118. The molecule has 5 N–H and O–H groups in total. The van der Waals surface area contributed by atoms with Crippen LogP contribution in [-0.4, -0.2) is 35.4 Å². The van der Waals surface area contributed by atoms with Crippen LogP contribution in [0.4, 0.5) is 11.4 Å². The summed E-state index contributed by atoms with van der Waals surface area (Å²) >= 11 is 0. The highest BCUT2D eigenvalue weighted by atomic mass is 16.5. The fraction of sp³-hybridized carbons (Fsp3) is 0.320. The molecule has 2 amide bonds. The number of esters is 1. The van der Waals surface area contributed by atoms with E-state index in [2.05, 4.69) is 22.5 Å². The summed E-state index contributed by atoms with van der Waals surface area (Å²) in [6.45, 7) is 4.11. The highest BCUT2D eigenvalue weighted by Crippen LogP contribution is 2.38. The molecule has 0 spiro atoms. The molecule has 8 heteroatoms. The van der Waals surface area contributed by atoms with Crippen LogP contribution in [0.1, 0.15) is 36.3 Å². The number of amides is 2. The summed E-state index contributed by atoms with van der Waals surface area (Å²) in [6, 6.07) is 13.6. The van der Waals surface area contributed by atoms with Gasteiger partial charge in [-0.15, -0.1) is 0 Å². The first-order chi connectivity index (χ1) is 15.8. The van der Waals surface area contributed by atoms with Gasteiger partial charge in [-0.05, 0) is 67.6 Å². The minimum atomic E-state index is -0.741. The Hall–Kier alpha value is -3.65. The van der Waals surface area contributed by atoms with Gasteiger partial charge in [0.15, 0.2) is 0 Å². The number of aromatic amines is 1. The van der Waals surface area contributed by atoms with Gasteiger partial charge in [0.25, 0.3) is 0 Å². The summed E-state index contributed by atoms with van der Waals surface area (Å²) in [5.74, 6) is -0.105. The monoisotopic (exact) mass is 448 g/mol. The van der Waals surface area contributed by atoms with Gasteiger partial charge in [-0.1, -0.05) is 19.1 Å². The highest BCUT2D eigenvalue weighted by molar-refractivity contribution is 5.99. The van der Waals surface area contributed by atoms with Crippen LogP contribution in [0, 0.1) is 11.8 Å². The minimum absolute atomic E-state index is 0.0556. The number of nitrogens with two attached hydrogens (primary N) is 1. The Labute approximate surface area is 191 Å². The number of anilines is 2. The molecule has 2 aromatic carbocycles. The molecule has 3 atom stereocenters. The van der Waals surface area contributed by atoms with Crippen LogP contribution < -0.4 is 16.4 Å². The van der Waals surface area contributed by atoms with Crippen molar-refractivity contribution in [3.63, 3.8) is 0 Å². The summed E-state index contributed by atoms with van der Waals surface area (Å²) in [4.78, 5) is 39.6. The van der Waals surface area contributed by atoms with Crippen LogP contribution in [0.25, 0.3) is 10.9 Å². The van der Waals surface area contributed by atoms with Crippen LogP contribution in [0.5, 0.6) is 0 Å². The van der Waals surface area contributed by atoms with Gasteiger partial charge in [-0.25, -0.2) is 4.79 Å². The van der Waals surface area contributed by atoms with Crippen LogP contribution >= 0.6 is 0 Å². The molecule has 4 rings (SSSR count). The van der Waals surface area contributed by atoms with Crippen molar-refractivity contribution >= 4 is 40.1 Å². The normalized spacial score (nSPS) is 17.9. The topological polar surface area (TPSA) is 126 Å². The number of hydrogen-bond donors (Lipinski definition) is 4. The summed E-state index contributed by atoms with van der Waals surface area (Å²) < 4.78 is 5.01. The summed E-state index contributed by atoms with van der Waals surface area (Å²) in [5.41, 5.74) is 9.47. The SMILES string of the molecule is CCOC(=O)c1cc2cc(NC(=O)C(N)Cc3ccc(NC(=O)C4CC4C)cc3)ccc2[nH]1. The zero-order chi connectivity index (χ0) is 23.5. The number of carbonyl (C=O) groups excluding carboxylic acids is 3. The lowest BCUT2D eigenvalue weighted by atomic mass is 10.1. The van der Waals surface area contributed by atoms with E-state index >= 15 is 0 Å². The van der Waals surface area contributed by atoms with E-state index in [1.165, 1.54) is 0 Å². The van der Waals surface area contributed by atoms with Crippen molar-refractivity contribution in [2.75, 3.05) is 17.2 Å². The highest BCUT2D eigenvalue weighted by Gasteiger charge is 2.39. The van der Waals surface area contributed by atoms with Crippen molar-refractivity contribution in [2.24, 2.45) is 17.6 Å². The number of H-pyrrole nitrogens is 1. The van der Waals surface area contributed by atoms with Crippen LogP contribution in [-0.2, 0) is 20.7 Å². The number of benzene rings is 2. The molecule has 0 saturated heterocycles. The van der Waals surface area contributed by atoms with Crippen LogP contribution in [0.2, 0.25) is 0 Å². The van der Waals surface area contributed by atoms with Crippen molar-refractivity contribution < 1.29 is 19.1 Å². The first-order valence-corrected chi connectivity index (χ1v) is 11.1. The molecule has 1 saturated carbocycles. The molecule has 1 heterocycles. The fourth-order valence-corrected chi connectivity index (χ4v) is 3.76. The van der Waals surface area contributed by atoms with Crippen molar-refractivity contribution in [1.82, 2.24) is 4.98 Å². The lowest BCUT2D eigenvalue weighted by Crippen LogP contribution is -2.37. The van der Waals surface area contributed by atoms with Gasteiger partial charge in [-0.3, -0.25) is 9.59 Å². The Morgan fingerprint density at radius 3 is 2.45 bits per heavy atom. The minimum Gasteiger partial charge on any atom is -0.461 e. The maximum atomic E-state index is 12.6. The first kappa shape index (κ1) is 22.5. The van der Waals surface area contributed by atoms with E-state index in [-0.39, 0.29) is 17.7 Å². The van der Waals surface area contributed by atoms with Gasteiger partial charge in [0.05, 0.1) is 12.6 Å². The molecule has 3 unspecified atom stereocenters. The second-order valence-corrected chi connectivity index (χ2v) is 8.51. The molecule has 0 aliphatic heterocycles. The summed E-state index contributed by atoms with van der Waals surface area (Å²) in [7, 11) is 0. The molecule has 1 aliphatic rings. The number of ether oxygens (including phenoxy) is 1. The van der Waals surface area contributed by atoms with Crippen molar-refractivity contribution in [2.45, 2.75) is 32.7 Å². The van der Waals surface area contributed by atoms with E-state index in [1.807, 2.05) is 24.3 Å². The largest absolute Gasteiger partial charge is 0.461 e. The molecule has 172 valence electrons. The van der Waals surface area contributed by atoms with Gasteiger partial charge >= 0.3 is 5.97 Å². The Bertz CT molecular complexity index is 1180. The van der Waals surface area contributed by atoms with E-state index in [0.717, 1.165) is 28.6 Å². The third kappa shape index (κ3) is 5.40. The molecule has 8 nitrogen and oxygen atoms in total. The quantitative estimate of drug-likeness (QED) is 0.393. The van der Waals surface area contributed by atoms with Crippen LogP contribution in [0.3, 0.4) is 0 Å². The molecular formula is C25H28N4O4. The molecule has 1 aliphatic carbocycles. The van der Waals surface area contributed by atoms with Crippen molar-refractivity contribution in [3.8, 4) is 0 Å². The predicted octanol–water partition coefficient (Wildman–Crippen LogP) is 3.45. The Kier molecular flexibility index (Phi) is 6.46. The molecular weight excluding hydrogens is 420 g/mol. The summed E-state index contributed by atoms with van der Waals surface area (Å²) in [5, 5.41) is 6.53. The number of hydrogen-bond acceptors (Lipinski definition) is 5. The smallest absolute Gasteiger partial charge is 0.354 e. The number of fused-ring (bicyclic) bond motifs is 1. The van der Waals surface area contributed by atoms with E-state index in [4.69, 9.17) is 10.5 Å². The van der Waals surface area contributed by atoms with Gasteiger partial charge in [0, 0.05) is 28.2 Å². The molecule has 1 aromatic heterocycles. The van der Waals surface area contributed by atoms with Crippen molar-refractivity contribution in [1.29, 1.82) is 0 Å². The number of rotatable bonds is 8. The lowest BCUT2D eigenvalue weighted by Gasteiger charge is -2.13. The zero-order valence-corrected chi connectivity index (χ0v) is 18.7. The summed E-state index contributed by atoms with van der Waals surface area (Å²) in [6.07, 6.45) is 1.30. The van der Waals surface area contributed by atoms with Crippen molar-refractivity contribution in [3.05, 3.63) is 59.8 Å². The average Bonchev–Trinajstić information content (AvgIpc) is 3.37. The maximum absolute atomic E-state index is 12.6. The van der Waals surface area contributed by atoms with Crippen LogP contribution in [0.15, 0.2) is 48.5 Å². The molecule has 0 radical (unpaired) electrons. The third-order valence-corrected chi connectivity index (χ3v) is 5.84. The Morgan fingerprint density at radius 2 is 1.79 bits per heavy atom. The average molecular weight is 449 g/mol. The molecule has 33 heavy (non-hydrogen) atoms. The number of carbonyl (C=O) groups is 3. The number of nitrogens with one attached hydrogen (secondary N) is 3. The maximum Gasteiger partial charge on any atom is 0.354 e. The molecule has 0 bridgehead atoms. The van der Waals surface area contributed by atoms with Gasteiger partial charge in [0.2, 0.25) is 11.8 Å². The molecule has 3 aromatic rings. The standard InChI is InChI=1S/C25H28N4O4/c1-3-33-25(32)22-13-16-12-18(8-9-21(16)29-22)28-24(31)20(26)11-15-4-6-17(7-5-15)27-23(30)19-10-14(19)2/h4-9,12-14,19-20,29H,3,10-11,26H2,1-2H3,(H,27,30)(H,28,31). The molecule has 1 fully saturated rings. The van der Waals surface area contributed by atoms with Gasteiger partial charge in [-0.2, -0.15) is 0 Å². The van der Waals surface area contributed by atoms with E-state index in [0.29, 0.717) is 30.3 Å². The predicted molar refractivity (Wildman–Crippen MR) is 127 cm³/mol. The first-order valence-electron chi connectivity index (χ1n) is 11.1. The van der Waals surface area contributed by atoms with E-state index < -0.39 is 12.0 Å². The second kappa shape index (κ2) is 9.46. The third-order valence-electron chi connectivity index (χ3n) is 5.84. The van der Waals surface area contributed by atoms with E-state index in [9.17, 15) is 14.4 Å². The second-order valence-electron chi connectivity index (χ2n) is 8.51. The van der Waals surface area contributed by atoms with E-state index in [1.54, 1.807) is 31.2 Å².